The van der Waals surface area contributed by atoms with Gasteiger partial charge in [-0.15, -0.1) is 0 Å². The van der Waals surface area contributed by atoms with Crippen molar-refractivity contribution >= 4 is 17.7 Å². The minimum atomic E-state index is -0.473. The zero-order chi connectivity index (χ0) is 17.1. The number of rotatable bonds is 5. The van der Waals surface area contributed by atoms with Gasteiger partial charge in [0.05, 0.1) is 0 Å². The summed E-state index contributed by atoms with van der Waals surface area (Å²) >= 11 is 1.37. The monoisotopic (exact) mass is 337 g/mol. The Morgan fingerprint density at radius 1 is 1.12 bits per heavy atom. The van der Waals surface area contributed by atoms with Crippen molar-refractivity contribution in [3.63, 3.8) is 0 Å². The first kappa shape index (κ1) is 16.3. The van der Waals surface area contributed by atoms with Gasteiger partial charge >= 0.3 is 0 Å². The summed E-state index contributed by atoms with van der Waals surface area (Å²) in [7, 11) is 0. The van der Waals surface area contributed by atoms with Crippen molar-refractivity contribution in [2.45, 2.75) is 24.3 Å². The van der Waals surface area contributed by atoms with Gasteiger partial charge in [-0.05, 0) is 42.7 Å². The number of primary amides is 1. The molecule has 0 aliphatic rings. The molecule has 0 aliphatic heterocycles. The van der Waals surface area contributed by atoms with Crippen LogP contribution < -0.4 is 5.73 Å². The molecular formula is C19H19N3OS. The Bertz CT molecular complexity index is 858. The minimum Gasteiger partial charge on any atom is -0.368 e. The molecule has 2 N–H and O–H groups in total. The maximum atomic E-state index is 11.9. The Hall–Kier alpha value is -2.53. The lowest BCUT2D eigenvalue weighted by Gasteiger charge is -2.15. The summed E-state index contributed by atoms with van der Waals surface area (Å²) in [5.74, 6) is -0.374. The molecule has 3 aromatic rings. The molecule has 1 unspecified atom stereocenters. The predicted molar refractivity (Wildman–Crippen MR) is 97.3 cm³/mol. The third kappa shape index (κ3) is 3.36. The van der Waals surface area contributed by atoms with Gasteiger partial charge in [-0.1, -0.05) is 48.2 Å². The van der Waals surface area contributed by atoms with E-state index in [0.717, 1.165) is 16.4 Å². The lowest BCUT2D eigenvalue weighted by Crippen LogP contribution is -2.19. The van der Waals surface area contributed by atoms with E-state index in [0.29, 0.717) is 0 Å². The third-order valence-corrected chi connectivity index (χ3v) is 5.21. The number of benzene rings is 2. The summed E-state index contributed by atoms with van der Waals surface area (Å²) in [5, 5.41) is 0.268. The van der Waals surface area contributed by atoms with E-state index < -0.39 is 5.25 Å². The lowest BCUT2D eigenvalue weighted by atomic mass is 10.1. The quantitative estimate of drug-likeness (QED) is 0.720. The molecule has 0 spiro atoms. The first-order chi connectivity index (χ1) is 11.6. The number of carbonyl (C=O) groups excluding carboxylic acids is 1. The number of hydrogen-bond acceptors (Lipinski definition) is 3. The predicted octanol–water partition coefficient (Wildman–Crippen LogP) is 3.81. The molecule has 1 aromatic heterocycles. The topological polar surface area (TPSA) is 60.9 Å². The van der Waals surface area contributed by atoms with E-state index in [1.165, 1.54) is 22.9 Å². The van der Waals surface area contributed by atoms with Crippen LogP contribution in [-0.2, 0) is 4.79 Å². The van der Waals surface area contributed by atoms with Crippen molar-refractivity contribution in [1.29, 1.82) is 0 Å². The van der Waals surface area contributed by atoms with Crippen molar-refractivity contribution in [3.05, 3.63) is 77.6 Å². The molecule has 3 rings (SSSR count). The summed E-state index contributed by atoms with van der Waals surface area (Å²) in [6.45, 7) is 4.17. The van der Waals surface area contributed by atoms with E-state index in [4.69, 9.17) is 5.73 Å². The molecule has 24 heavy (non-hydrogen) atoms. The van der Waals surface area contributed by atoms with Crippen LogP contribution in [0, 0.1) is 13.8 Å². The molecule has 4 nitrogen and oxygen atoms in total. The van der Waals surface area contributed by atoms with Gasteiger partial charge in [-0.3, -0.25) is 9.36 Å². The average molecular weight is 337 g/mol. The highest BCUT2D eigenvalue weighted by molar-refractivity contribution is 8.00. The van der Waals surface area contributed by atoms with Gasteiger partial charge in [-0.2, -0.15) is 0 Å². The summed E-state index contributed by atoms with van der Waals surface area (Å²) in [5.41, 5.74) is 9.98. The second-order valence-electron chi connectivity index (χ2n) is 5.66. The van der Waals surface area contributed by atoms with Crippen LogP contribution in [0.1, 0.15) is 21.9 Å². The fourth-order valence-electron chi connectivity index (χ4n) is 2.47. The van der Waals surface area contributed by atoms with Gasteiger partial charge in [0.2, 0.25) is 5.91 Å². The molecule has 0 aliphatic carbocycles. The summed E-state index contributed by atoms with van der Waals surface area (Å²) < 4.78 is 1.98. The summed E-state index contributed by atoms with van der Waals surface area (Å²) in [6, 6.07) is 15.8. The Kier molecular flexibility index (Phi) is 4.71. The van der Waals surface area contributed by atoms with E-state index in [1.54, 1.807) is 6.20 Å². The second kappa shape index (κ2) is 6.93. The van der Waals surface area contributed by atoms with Crippen LogP contribution >= 0.6 is 11.8 Å². The number of aryl methyl sites for hydroxylation is 2. The highest BCUT2D eigenvalue weighted by atomic mass is 32.2. The van der Waals surface area contributed by atoms with Gasteiger partial charge in [0, 0.05) is 18.1 Å². The van der Waals surface area contributed by atoms with Gasteiger partial charge in [0.25, 0.3) is 0 Å². The van der Waals surface area contributed by atoms with Crippen molar-refractivity contribution in [2.24, 2.45) is 5.73 Å². The Morgan fingerprint density at radius 3 is 2.54 bits per heavy atom. The molecule has 122 valence electrons. The van der Waals surface area contributed by atoms with E-state index in [9.17, 15) is 4.79 Å². The molecule has 5 heteroatoms. The van der Waals surface area contributed by atoms with E-state index in [-0.39, 0.29) is 5.91 Å². The molecule has 0 bridgehead atoms. The molecule has 0 fully saturated rings. The number of imidazole rings is 1. The lowest BCUT2D eigenvalue weighted by molar-refractivity contribution is -0.117. The Labute approximate surface area is 145 Å². The van der Waals surface area contributed by atoms with Crippen molar-refractivity contribution in [1.82, 2.24) is 9.55 Å². The number of carbonyl (C=O) groups is 1. The highest BCUT2D eigenvalue weighted by Crippen LogP contribution is 2.35. The molecule has 2 aromatic carbocycles. The molecule has 1 amide bonds. The van der Waals surface area contributed by atoms with E-state index in [2.05, 4.69) is 37.0 Å². The Morgan fingerprint density at radius 2 is 1.88 bits per heavy atom. The number of amides is 1. The fourth-order valence-corrected chi connectivity index (χ4v) is 3.49. The molecule has 0 saturated carbocycles. The number of thioether (sulfide) groups is 1. The van der Waals surface area contributed by atoms with Crippen LogP contribution in [-0.4, -0.2) is 15.5 Å². The Balaban J connectivity index is 1.94. The molecular weight excluding hydrogens is 318 g/mol. The zero-order valence-corrected chi connectivity index (χ0v) is 14.5. The van der Waals surface area contributed by atoms with Gasteiger partial charge in [0.1, 0.15) is 5.25 Å². The average Bonchev–Trinajstić information content (AvgIpc) is 3.04. The van der Waals surface area contributed by atoms with E-state index in [1.807, 2.05) is 41.1 Å². The fraction of sp³-hybridized carbons (Fsp3) is 0.158. The smallest absolute Gasteiger partial charge is 0.235 e. The van der Waals surface area contributed by atoms with Gasteiger partial charge in [-0.25, -0.2) is 4.98 Å². The minimum absolute atomic E-state index is 0.374. The van der Waals surface area contributed by atoms with Crippen LogP contribution in [0.2, 0.25) is 0 Å². The van der Waals surface area contributed by atoms with Crippen LogP contribution in [0.5, 0.6) is 0 Å². The summed E-state index contributed by atoms with van der Waals surface area (Å²) in [6.07, 6.45) is 3.63. The first-order valence-corrected chi connectivity index (χ1v) is 8.56. The van der Waals surface area contributed by atoms with Crippen molar-refractivity contribution in [3.8, 4) is 5.69 Å². The zero-order valence-electron chi connectivity index (χ0n) is 13.6. The van der Waals surface area contributed by atoms with E-state index >= 15 is 0 Å². The number of nitrogens with zero attached hydrogens (tertiary/aromatic N) is 2. The SMILES string of the molecule is Cc1ccc(-n2ccnc2SC(C(N)=O)c2ccccc2)cc1C. The van der Waals surface area contributed by atoms with Gasteiger partial charge in [0.15, 0.2) is 5.16 Å². The number of nitrogens with two attached hydrogens (primary N) is 1. The molecule has 1 atom stereocenters. The third-order valence-electron chi connectivity index (χ3n) is 3.96. The standard InChI is InChI=1S/C19H19N3OS/c1-13-8-9-16(12-14(13)2)22-11-10-21-19(22)24-17(18(20)23)15-6-4-3-5-7-15/h3-12,17H,1-2H3,(H2,20,23). The maximum Gasteiger partial charge on any atom is 0.235 e. The second-order valence-corrected chi connectivity index (χ2v) is 6.73. The van der Waals surface area contributed by atoms with Gasteiger partial charge < -0.3 is 5.73 Å². The molecule has 1 heterocycles. The number of aromatic nitrogens is 2. The first-order valence-electron chi connectivity index (χ1n) is 7.68. The van der Waals surface area contributed by atoms with Crippen LogP contribution in [0.4, 0.5) is 0 Å². The molecule has 0 radical (unpaired) electrons. The van der Waals surface area contributed by atoms with Crippen LogP contribution in [0.3, 0.4) is 0 Å². The maximum absolute atomic E-state index is 11.9. The molecule has 0 saturated heterocycles. The largest absolute Gasteiger partial charge is 0.368 e. The van der Waals surface area contributed by atoms with Crippen molar-refractivity contribution < 1.29 is 4.79 Å². The normalized spacial score (nSPS) is 12.1. The van der Waals surface area contributed by atoms with Crippen LogP contribution in [0.25, 0.3) is 5.69 Å². The van der Waals surface area contributed by atoms with Crippen molar-refractivity contribution in [2.75, 3.05) is 0 Å². The summed E-state index contributed by atoms with van der Waals surface area (Å²) in [4.78, 5) is 16.3. The van der Waals surface area contributed by atoms with Crippen LogP contribution in [0.15, 0.2) is 66.1 Å². The number of hydrogen-bond donors (Lipinski definition) is 1. The highest BCUT2D eigenvalue weighted by Gasteiger charge is 2.22.